The lowest BCUT2D eigenvalue weighted by Crippen LogP contribution is -2.36. The molecule has 2 nitrogen and oxygen atoms in total. The molecule has 0 spiro atoms. The van der Waals surface area contributed by atoms with Crippen molar-refractivity contribution in [3.8, 4) is 0 Å². The fourth-order valence-electron chi connectivity index (χ4n) is 1.44. The molecule has 0 aliphatic heterocycles. The van der Waals surface area contributed by atoms with Crippen LogP contribution in [0.3, 0.4) is 0 Å². The molecule has 0 fully saturated rings. The molecular formula is C13H21NO. The van der Waals surface area contributed by atoms with E-state index < -0.39 is 0 Å². The van der Waals surface area contributed by atoms with Gasteiger partial charge >= 0.3 is 0 Å². The van der Waals surface area contributed by atoms with E-state index in [1.165, 1.54) is 5.56 Å². The number of benzene rings is 1. The van der Waals surface area contributed by atoms with Gasteiger partial charge in [0, 0.05) is 6.04 Å². The summed E-state index contributed by atoms with van der Waals surface area (Å²) in [6.07, 6.45) is 1.93. The predicted octanol–water partition coefficient (Wildman–Crippen LogP) is 1.98. The Kier molecular flexibility index (Phi) is 5.37. The van der Waals surface area contributed by atoms with Crippen LogP contribution in [0, 0.1) is 0 Å². The second kappa shape index (κ2) is 6.59. The number of aryl methyl sites for hydroxylation is 1. The number of aliphatic hydroxyl groups excluding tert-OH is 1. The van der Waals surface area contributed by atoms with Crippen molar-refractivity contribution in [1.82, 2.24) is 5.32 Å². The Morgan fingerprint density at radius 2 is 1.87 bits per heavy atom. The van der Waals surface area contributed by atoms with E-state index in [0.717, 1.165) is 19.4 Å². The Labute approximate surface area is 92.3 Å². The van der Waals surface area contributed by atoms with Crippen LogP contribution in [0.25, 0.3) is 0 Å². The van der Waals surface area contributed by atoms with E-state index in [9.17, 15) is 5.11 Å². The number of rotatable bonds is 6. The van der Waals surface area contributed by atoms with Crippen molar-refractivity contribution in [1.29, 1.82) is 0 Å². The highest BCUT2D eigenvalue weighted by molar-refractivity contribution is 5.14. The number of hydrogen-bond acceptors (Lipinski definition) is 2. The van der Waals surface area contributed by atoms with Crippen LogP contribution in [-0.4, -0.2) is 23.8 Å². The van der Waals surface area contributed by atoms with Crippen LogP contribution in [0.1, 0.15) is 25.8 Å². The Bertz CT molecular complexity index is 258. The van der Waals surface area contributed by atoms with E-state index in [4.69, 9.17) is 0 Å². The Morgan fingerprint density at radius 1 is 1.20 bits per heavy atom. The molecule has 2 unspecified atom stereocenters. The molecule has 0 aliphatic rings. The molecule has 0 aliphatic carbocycles. The van der Waals surface area contributed by atoms with E-state index in [1.807, 2.05) is 19.9 Å². The third-order valence-electron chi connectivity index (χ3n) is 2.67. The van der Waals surface area contributed by atoms with Gasteiger partial charge in [0.2, 0.25) is 0 Å². The molecule has 0 saturated heterocycles. The summed E-state index contributed by atoms with van der Waals surface area (Å²) >= 11 is 0. The summed E-state index contributed by atoms with van der Waals surface area (Å²) in [7, 11) is 0. The molecule has 15 heavy (non-hydrogen) atoms. The summed E-state index contributed by atoms with van der Waals surface area (Å²) in [6.45, 7) is 4.78. The van der Waals surface area contributed by atoms with Gasteiger partial charge in [-0.15, -0.1) is 0 Å². The maximum Gasteiger partial charge on any atom is 0.0662 e. The second-order valence-electron chi connectivity index (χ2n) is 4.07. The first-order valence-electron chi connectivity index (χ1n) is 5.65. The highest BCUT2D eigenvalue weighted by Gasteiger charge is 2.06. The van der Waals surface area contributed by atoms with Gasteiger partial charge in [-0.25, -0.2) is 0 Å². The summed E-state index contributed by atoms with van der Waals surface area (Å²) in [6, 6.07) is 10.7. The monoisotopic (exact) mass is 207 g/mol. The van der Waals surface area contributed by atoms with Crippen LogP contribution in [0.15, 0.2) is 30.3 Å². The van der Waals surface area contributed by atoms with Crippen molar-refractivity contribution in [3.05, 3.63) is 35.9 Å². The van der Waals surface area contributed by atoms with Gasteiger partial charge in [0.15, 0.2) is 0 Å². The minimum absolute atomic E-state index is 0.181. The van der Waals surface area contributed by atoms with Crippen LogP contribution < -0.4 is 5.32 Å². The SMILES string of the molecule is CC(O)C(C)NCCCc1ccccc1. The maximum atomic E-state index is 9.27. The summed E-state index contributed by atoms with van der Waals surface area (Å²) in [5.41, 5.74) is 1.38. The molecule has 1 aromatic carbocycles. The van der Waals surface area contributed by atoms with E-state index >= 15 is 0 Å². The standard InChI is InChI=1S/C13H21NO/c1-11(12(2)15)14-10-6-9-13-7-4-3-5-8-13/h3-5,7-8,11-12,14-15H,6,9-10H2,1-2H3. The lowest BCUT2D eigenvalue weighted by atomic mass is 10.1. The van der Waals surface area contributed by atoms with Gasteiger partial charge in [-0.3, -0.25) is 0 Å². The normalized spacial score (nSPS) is 14.9. The molecule has 1 aromatic rings. The minimum Gasteiger partial charge on any atom is -0.392 e. The van der Waals surface area contributed by atoms with Gasteiger partial charge in [-0.2, -0.15) is 0 Å². The van der Waals surface area contributed by atoms with Crippen LogP contribution in [-0.2, 0) is 6.42 Å². The highest BCUT2D eigenvalue weighted by Crippen LogP contribution is 2.01. The molecule has 0 heterocycles. The van der Waals surface area contributed by atoms with Crippen molar-refractivity contribution in [2.24, 2.45) is 0 Å². The zero-order valence-corrected chi connectivity index (χ0v) is 9.61. The summed E-state index contributed by atoms with van der Waals surface area (Å²) in [4.78, 5) is 0. The molecule has 0 radical (unpaired) electrons. The van der Waals surface area contributed by atoms with Crippen LogP contribution in [0.4, 0.5) is 0 Å². The van der Waals surface area contributed by atoms with Crippen LogP contribution in [0.2, 0.25) is 0 Å². The van der Waals surface area contributed by atoms with Crippen molar-refractivity contribution in [2.45, 2.75) is 38.8 Å². The van der Waals surface area contributed by atoms with E-state index in [-0.39, 0.29) is 12.1 Å². The highest BCUT2D eigenvalue weighted by atomic mass is 16.3. The first-order valence-corrected chi connectivity index (χ1v) is 5.65. The number of hydrogen-bond donors (Lipinski definition) is 2. The molecular weight excluding hydrogens is 186 g/mol. The second-order valence-corrected chi connectivity index (χ2v) is 4.07. The molecule has 0 aromatic heterocycles. The van der Waals surface area contributed by atoms with Gasteiger partial charge in [0.1, 0.15) is 0 Å². The lowest BCUT2D eigenvalue weighted by Gasteiger charge is -2.16. The molecule has 0 bridgehead atoms. The van der Waals surface area contributed by atoms with Gasteiger partial charge in [-0.05, 0) is 38.8 Å². The smallest absolute Gasteiger partial charge is 0.0662 e. The summed E-state index contributed by atoms with van der Waals surface area (Å²) < 4.78 is 0. The van der Waals surface area contributed by atoms with Crippen LogP contribution in [0.5, 0.6) is 0 Å². The third-order valence-corrected chi connectivity index (χ3v) is 2.67. The average Bonchev–Trinajstić information content (AvgIpc) is 2.25. The Balaban J connectivity index is 2.12. The molecule has 2 heteroatoms. The Hall–Kier alpha value is -0.860. The zero-order valence-electron chi connectivity index (χ0n) is 9.61. The van der Waals surface area contributed by atoms with Gasteiger partial charge < -0.3 is 10.4 Å². The zero-order chi connectivity index (χ0) is 11.1. The topological polar surface area (TPSA) is 32.3 Å². The van der Waals surface area contributed by atoms with Crippen LogP contribution >= 0.6 is 0 Å². The molecule has 84 valence electrons. The molecule has 1 rings (SSSR count). The fraction of sp³-hybridized carbons (Fsp3) is 0.538. The van der Waals surface area contributed by atoms with E-state index in [2.05, 4.69) is 29.6 Å². The first kappa shape index (κ1) is 12.2. The number of nitrogens with one attached hydrogen (secondary N) is 1. The minimum atomic E-state index is -0.276. The molecule has 2 atom stereocenters. The third kappa shape index (κ3) is 4.96. The lowest BCUT2D eigenvalue weighted by molar-refractivity contribution is 0.153. The predicted molar refractivity (Wildman–Crippen MR) is 63.9 cm³/mol. The first-order chi connectivity index (χ1) is 7.20. The molecule has 2 N–H and O–H groups in total. The number of aliphatic hydroxyl groups is 1. The van der Waals surface area contributed by atoms with Gasteiger partial charge in [-0.1, -0.05) is 30.3 Å². The fourth-order valence-corrected chi connectivity index (χ4v) is 1.44. The quantitative estimate of drug-likeness (QED) is 0.699. The summed E-state index contributed by atoms with van der Waals surface area (Å²) in [5.74, 6) is 0. The van der Waals surface area contributed by atoms with Crippen molar-refractivity contribution in [2.75, 3.05) is 6.54 Å². The van der Waals surface area contributed by atoms with Crippen molar-refractivity contribution in [3.63, 3.8) is 0 Å². The van der Waals surface area contributed by atoms with E-state index in [1.54, 1.807) is 0 Å². The van der Waals surface area contributed by atoms with Crippen molar-refractivity contribution >= 4 is 0 Å². The maximum absolute atomic E-state index is 9.27. The summed E-state index contributed by atoms with van der Waals surface area (Å²) in [5, 5.41) is 12.6. The largest absolute Gasteiger partial charge is 0.392 e. The molecule has 0 amide bonds. The Morgan fingerprint density at radius 3 is 2.47 bits per heavy atom. The van der Waals surface area contributed by atoms with E-state index in [0.29, 0.717) is 0 Å². The average molecular weight is 207 g/mol. The molecule has 0 saturated carbocycles. The van der Waals surface area contributed by atoms with Gasteiger partial charge in [0.25, 0.3) is 0 Å². The van der Waals surface area contributed by atoms with Crippen molar-refractivity contribution < 1.29 is 5.11 Å². The van der Waals surface area contributed by atoms with Gasteiger partial charge in [0.05, 0.1) is 6.10 Å².